The zero-order valence-corrected chi connectivity index (χ0v) is 16.1. The third kappa shape index (κ3) is 3.92. The number of nitrogens with one attached hydrogen (secondary N) is 1. The molecule has 2 aromatic rings. The molecule has 23 heavy (non-hydrogen) atoms. The van der Waals surface area contributed by atoms with Crippen LogP contribution in [0.5, 0.6) is 0 Å². The quantitative estimate of drug-likeness (QED) is 0.563. The molecule has 1 aromatic carbocycles. The average molecular weight is 437 g/mol. The summed E-state index contributed by atoms with van der Waals surface area (Å²) < 4.78 is 3.48. The number of hydrogen-bond acceptors (Lipinski definition) is 2. The van der Waals surface area contributed by atoms with Gasteiger partial charge in [0.2, 0.25) is 0 Å². The van der Waals surface area contributed by atoms with Gasteiger partial charge in [-0.25, -0.2) is 0 Å². The summed E-state index contributed by atoms with van der Waals surface area (Å²) in [6, 6.07) is 9.51. The fraction of sp³-hybridized carbons (Fsp3) is 0.176. The SMILES string of the molecule is Cc1c(Br)cc(/C=C(/C#N)C(=O)Nn2c(C)ccc2C)cc1Br. The van der Waals surface area contributed by atoms with Crippen molar-refractivity contribution >= 4 is 43.8 Å². The number of nitriles is 1. The number of amides is 1. The highest BCUT2D eigenvalue weighted by Crippen LogP contribution is 2.27. The molecule has 1 heterocycles. The van der Waals surface area contributed by atoms with Crippen molar-refractivity contribution in [3.8, 4) is 6.07 Å². The van der Waals surface area contributed by atoms with Crippen LogP contribution in [-0.2, 0) is 4.79 Å². The molecule has 0 saturated heterocycles. The monoisotopic (exact) mass is 435 g/mol. The second kappa shape index (κ2) is 7.16. The Morgan fingerprint density at radius 3 is 2.17 bits per heavy atom. The number of carbonyl (C=O) groups is 1. The van der Waals surface area contributed by atoms with Crippen LogP contribution in [0.25, 0.3) is 6.08 Å². The summed E-state index contributed by atoms with van der Waals surface area (Å²) in [6.07, 6.45) is 1.57. The van der Waals surface area contributed by atoms with E-state index in [0.717, 1.165) is 31.5 Å². The lowest BCUT2D eigenvalue weighted by atomic mass is 10.1. The number of aryl methyl sites for hydroxylation is 2. The summed E-state index contributed by atoms with van der Waals surface area (Å²) in [4.78, 5) is 12.3. The molecule has 2 rings (SSSR count). The highest BCUT2D eigenvalue weighted by Gasteiger charge is 2.12. The van der Waals surface area contributed by atoms with Crippen molar-refractivity contribution in [2.75, 3.05) is 5.43 Å². The largest absolute Gasteiger partial charge is 0.280 e. The molecule has 0 aliphatic carbocycles. The van der Waals surface area contributed by atoms with Crippen LogP contribution in [0, 0.1) is 32.1 Å². The van der Waals surface area contributed by atoms with Crippen LogP contribution >= 0.6 is 31.9 Å². The second-order valence-electron chi connectivity index (χ2n) is 5.17. The van der Waals surface area contributed by atoms with Crippen LogP contribution < -0.4 is 5.43 Å². The van der Waals surface area contributed by atoms with Crippen LogP contribution in [0.1, 0.15) is 22.5 Å². The van der Waals surface area contributed by atoms with Crippen molar-refractivity contribution in [2.24, 2.45) is 0 Å². The second-order valence-corrected chi connectivity index (χ2v) is 6.88. The average Bonchev–Trinajstić information content (AvgIpc) is 2.81. The number of hydrogen-bond donors (Lipinski definition) is 1. The van der Waals surface area contributed by atoms with Gasteiger partial charge in [0.1, 0.15) is 11.6 Å². The number of aromatic nitrogens is 1. The summed E-state index contributed by atoms with van der Waals surface area (Å²) in [5.41, 5.74) is 6.39. The van der Waals surface area contributed by atoms with Gasteiger partial charge in [0.05, 0.1) is 0 Å². The molecule has 0 saturated carbocycles. The topological polar surface area (TPSA) is 57.8 Å². The summed E-state index contributed by atoms with van der Waals surface area (Å²) in [5.74, 6) is -0.442. The number of carbonyl (C=O) groups excluding carboxylic acids is 1. The smallest absolute Gasteiger partial charge is 0.267 e. The Kier molecular flexibility index (Phi) is 5.45. The first-order valence-electron chi connectivity index (χ1n) is 6.87. The van der Waals surface area contributed by atoms with E-state index in [1.807, 2.05) is 51.1 Å². The van der Waals surface area contributed by atoms with E-state index in [4.69, 9.17) is 0 Å². The predicted molar refractivity (Wildman–Crippen MR) is 98.4 cm³/mol. The first-order valence-corrected chi connectivity index (χ1v) is 8.46. The molecular weight excluding hydrogens is 422 g/mol. The maximum atomic E-state index is 12.3. The molecule has 118 valence electrons. The molecule has 1 aromatic heterocycles. The Hall–Kier alpha value is -1.84. The maximum Gasteiger partial charge on any atom is 0.280 e. The van der Waals surface area contributed by atoms with Crippen molar-refractivity contribution in [1.29, 1.82) is 5.26 Å². The fourth-order valence-corrected chi connectivity index (χ4v) is 3.29. The summed E-state index contributed by atoms with van der Waals surface area (Å²) >= 11 is 6.93. The van der Waals surface area contributed by atoms with Crippen LogP contribution in [-0.4, -0.2) is 10.6 Å². The molecule has 0 aliphatic rings. The van der Waals surface area contributed by atoms with E-state index in [1.165, 1.54) is 0 Å². The van der Waals surface area contributed by atoms with E-state index in [0.29, 0.717) is 0 Å². The van der Waals surface area contributed by atoms with Gasteiger partial charge in [0.25, 0.3) is 5.91 Å². The van der Waals surface area contributed by atoms with Gasteiger partial charge in [-0.05, 0) is 62.2 Å². The third-order valence-corrected chi connectivity index (χ3v) is 5.11. The maximum absolute atomic E-state index is 12.3. The molecule has 6 heteroatoms. The van der Waals surface area contributed by atoms with Gasteiger partial charge in [0, 0.05) is 20.3 Å². The molecular formula is C17H15Br2N3O. The molecule has 1 N–H and O–H groups in total. The van der Waals surface area contributed by atoms with E-state index in [2.05, 4.69) is 37.3 Å². The highest BCUT2D eigenvalue weighted by atomic mass is 79.9. The first-order chi connectivity index (χ1) is 10.8. The molecule has 0 spiro atoms. The summed E-state index contributed by atoms with van der Waals surface area (Å²) in [6.45, 7) is 5.74. The van der Waals surface area contributed by atoms with Crippen LogP contribution in [0.3, 0.4) is 0 Å². The standard InChI is InChI=1S/C17H15Br2N3O/c1-10-4-5-11(2)22(10)21-17(23)14(9-20)6-13-7-15(18)12(3)16(19)8-13/h4-8H,1-3H3,(H,21,23)/b14-6-. The lowest BCUT2D eigenvalue weighted by Crippen LogP contribution is -2.25. The lowest BCUT2D eigenvalue weighted by Gasteiger charge is -2.10. The molecule has 4 nitrogen and oxygen atoms in total. The Morgan fingerprint density at radius 1 is 1.17 bits per heavy atom. The fourth-order valence-electron chi connectivity index (χ4n) is 2.07. The summed E-state index contributed by atoms with van der Waals surface area (Å²) in [7, 11) is 0. The zero-order valence-electron chi connectivity index (χ0n) is 12.9. The van der Waals surface area contributed by atoms with Gasteiger partial charge in [-0.1, -0.05) is 31.9 Å². The number of benzene rings is 1. The Labute approximate surface area is 152 Å². The highest BCUT2D eigenvalue weighted by molar-refractivity contribution is 9.11. The third-order valence-electron chi connectivity index (χ3n) is 3.46. The van der Waals surface area contributed by atoms with Crippen molar-refractivity contribution in [1.82, 2.24) is 4.68 Å². The van der Waals surface area contributed by atoms with Gasteiger partial charge in [-0.3, -0.25) is 14.9 Å². The minimum atomic E-state index is -0.442. The molecule has 0 fully saturated rings. The van der Waals surface area contributed by atoms with Crippen molar-refractivity contribution in [3.63, 3.8) is 0 Å². The number of nitrogens with zero attached hydrogens (tertiary/aromatic N) is 2. The van der Waals surface area contributed by atoms with Gasteiger partial charge in [0.15, 0.2) is 0 Å². The normalized spacial score (nSPS) is 11.2. The minimum Gasteiger partial charge on any atom is -0.267 e. The van der Waals surface area contributed by atoms with Crippen molar-refractivity contribution in [2.45, 2.75) is 20.8 Å². The Morgan fingerprint density at radius 2 is 1.70 bits per heavy atom. The first kappa shape index (κ1) is 17.5. The van der Waals surface area contributed by atoms with E-state index in [1.54, 1.807) is 10.8 Å². The van der Waals surface area contributed by atoms with Crippen molar-refractivity contribution in [3.05, 3.63) is 61.3 Å². The Bertz CT molecular complexity index is 802. The molecule has 0 bridgehead atoms. The molecule has 0 atom stereocenters. The molecule has 0 unspecified atom stereocenters. The molecule has 1 amide bonds. The van der Waals surface area contributed by atoms with Gasteiger partial charge in [-0.15, -0.1) is 0 Å². The van der Waals surface area contributed by atoms with Gasteiger partial charge >= 0.3 is 0 Å². The summed E-state index contributed by atoms with van der Waals surface area (Å²) in [5, 5.41) is 9.31. The van der Waals surface area contributed by atoms with Gasteiger partial charge in [-0.2, -0.15) is 5.26 Å². The van der Waals surface area contributed by atoms with E-state index in [-0.39, 0.29) is 5.57 Å². The number of rotatable bonds is 3. The predicted octanol–water partition coefficient (Wildman–Crippen LogP) is 4.62. The molecule has 0 aliphatic heterocycles. The lowest BCUT2D eigenvalue weighted by molar-refractivity contribution is -0.113. The van der Waals surface area contributed by atoms with Gasteiger partial charge < -0.3 is 0 Å². The van der Waals surface area contributed by atoms with Crippen LogP contribution in [0.4, 0.5) is 0 Å². The van der Waals surface area contributed by atoms with E-state index < -0.39 is 5.91 Å². The Balaban J connectivity index is 2.33. The van der Waals surface area contributed by atoms with Crippen LogP contribution in [0.15, 0.2) is 38.8 Å². The number of halogens is 2. The minimum absolute atomic E-state index is 0.0418. The zero-order chi connectivity index (χ0) is 17.1. The molecule has 0 radical (unpaired) electrons. The van der Waals surface area contributed by atoms with Crippen LogP contribution in [0.2, 0.25) is 0 Å². The van der Waals surface area contributed by atoms with E-state index in [9.17, 15) is 10.1 Å². The van der Waals surface area contributed by atoms with E-state index >= 15 is 0 Å². The van der Waals surface area contributed by atoms with Crippen molar-refractivity contribution < 1.29 is 4.79 Å².